The lowest BCUT2D eigenvalue weighted by Gasteiger charge is -2.45. The number of piperidine rings is 1. The minimum Gasteiger partial charge on any atom is -0.342 e. The Labute approximate surface area is 186 Å². The second-order valence-electron chi connectivity index (χ2n) is 10.4. The first-order valence-corrected chi connectivity index (χ1v) is 12.4. The summed E-state index contributed by atoms with van der Waals surface area (Å²) in [7, 11) is 0. The lowest BCUT2D eigenvalue weighted by atomic mass is 9.65. The molecule has 2 amide bonds. The van der Waals surface area contributed by atoms with Crippen LogP contribution in [0.4, 0.5) is 0 Å². The SMILES string of the molecule is CCN1C[C@H]2C3(CCN(C(=O)Cc4ccccc4)CC3)CC[C@@]2(C(=O)N2CCCC2)C1. The summed E-state index contributed by atoms with van der Waals surface area (Å²) in [5.41, 5.74) is 1.16. The summed E-state index contributed by atoms with van der Waals surface area (Å²) in [5, 5.41) is 0. The molecule has 5 heteroatoms. The van der Waals surface area contributed by atoms with Gasteiger partial charge in [0, 0.05) is 39.3 Å². The van der Waals surface area contributed by atoms with Gasteiger partial charge in [-0.1, -0.05) is 37.3 Å². The first-order valence-electron chi connectivity index (χ1n) is 12.4. The summed E-state index contributed by atoms with van der Waals surface area (Å²) in [5.74, 6) is 1.16. The highest BCUT2D eigenvalue weighted by Crippen LogP contribution is 2.62. The van der Waals surface area contributed by atoms with E-state index in [0.717, 1.165) is 89.9 Å². The number of nitrogens with zero attached hydrogens (tertiary/aromatic N) is 3. The standard InChI is InChI=1S/C26H37N3O2/c1-2-27-19-22-25(10-11-26(22,20-27)24(31)29-14-6-7-15-29)12-16-28(17-13-25)23(30)18-21-8-4-3-5-9-21/h3-5,8-9,22H,2,6-7,10-20H2,1H3/t22-,26+/m0/s1. The van der Waals surface area contributed by atoms with Crippen LogP contribution in [0.1, 0.15) is 51.0 Å². The van der Waals surface area contributed by atoms with Gasteiger partial charge in [0.1, 0.15) is 0 Å². The minimum absolute atomic E-state index is 0.170. The van der Waals surface area contributed by atoms with Crippen molar-refractivity contribution >= 4 is 11.8 Å². The minimum atomic E-state index is -0.170. The Bertz CT molecular complexity index is 811. The third-order valence-electron chi connectivity index (χ3n) is 9.00. The van der Waals surface area contributed by atoms with Crippen LogP contribution >= 0.6 is 0 Å². The molecule has 3 aliphatic heterocycles. The van der Waals surface area contributed by atoms with E-state index >= 15 is 0 Å². The van der Waals surface area contributed by atoms with Crippen LogP contribution in [0.25, 0.3) is 0 Å². The molecule has 0 unspecified atom stereocenters. The van der Waals surface area contributed by atoms with E-state index in [9.17, 15) is 9.59 Å². The molecule has 1 spiro atoms. The number of fused-ring (bicyclic) bond motifs is 2. The second kappa shape index (κ2) is 8.23. The van der Waals surface area contributed by atoms with Gasteiger partial charge in [-0.25, -0.2) is 0 Å². The van der Waals surface area contributed by atoms with Crippen LogP contribution in [0.3, 0.4) is 0 Å². The molecule has 3 saturated heterocycles. The van der Waals surface area contributed by atoms with Gasteiger partial charge in [-0.15, -0.1) is 0 Å². The molecule has 1 aromatic carbocycles. The summed E-state index contributed by atoms with van der Waals surface area (Å²) >= 11 is 0. The van der Waals surface area contributed by atoms with Gasteiger partial charge in [-0.3, -0.25) is 9.59 Å². The van der Waals surface area contributed by atoms with Gasteiger partial charge in [-0.2, -0.15) is 0 Å². The van der Waals surface area contributed by atoms with Gasteiger partial charge in [0.15, 0.2) is 0 Å². The van der Waals surface area contributed by atoms with E-state index in [1.54, 1.807) is 0 Å². The third-order valence-corrected chi connectivity index (χ3v) is 9.00. The highest BCUT2D eigenvalue weighted by Gasteiger charge is 2.64. The van der Waals surface area contributed by atoms with Crippen LogP contribution < -0.4 is 0 Å². The maximum absolute atomic E-state index is 13.7. The van der Waals surface area contributed by atoms with Crippen LogP contribution in [0.5, 0.6) is 0 Å². The highest BCUT2D eigenvalue weighted by molar-refractivity contribution is 5.85. The fraction of sp³-hybridized carbons (Fsp3) is 0.692. The van der Waals surface area contributed by atoms with Crippen molar-refractivity contribution in [2.75, 3.05) is 45.8 Å². The van der Waals surface area contributed by atoms with Crippen molar-refractivity contribution in [1.82, 2.24) is 14.7 Å². The van der Waals surface area contributed by atoms with Crippen molar-refractivity contribution in [2.45, 2.75) is 51.9 Å². The molecule has 1 aromatic rings. The van der Waals surface area contributed by atoms with Crippen molar-refractivity contribution in [2.24, 2.45) is 16.7 Å². The number of hydrogen-bond acceptors (Lipinski definition) is 3. The Morgan fingerprint density at radius 1 is 0.935 bits per heavy atom. The number of likely N-dealkylation sites (tertiary alicyclic amines) is 3. The maximum Gasteiger partial charge on any atom is 0.230 e. The Morgan fingerprint density at radius 3 is 2.32 bits per heavy atom. The van der Waals surface area contributed by atoms with E-state index in [2.05, 4.69) is 21.6 Å². The van der Waals surface area contributed by atoms with Crippen molar-refractivity contribution in [3.63, 3.8) is 0 Å². The maximum atomic E-state index is 13.7. The summed E-state index contributed by atoms with van der Waals surface area (Å²) in [6.45, 7) is 8.87. The first kappa shape index (κ1) is 21.0. The molecule has 1 aliphatic carbocycles. The number of carbonyl (C=O) groups excluding carboxylic acids is 2. The van der Waals surface area contributed by atoms with E-state index in [1.165, 1.54) is 0 Å². The molecule has 4 aliphatic rings. The average molecular weight is 424 g/mol. The molecule has 1 saturated carbocycles. The van der Waals surface area contributed by atoms with E-state index in [0.29, 0.717) is 18.2 Å². The largest absolute Gasteiger partial charge is 0.342 e. The van der Waals surface area contributed by atoms with Gasteiger partial charge in [0.05, 0.1) is 11.8 Å². The molecular formula is C26H37N3O2. The van der Waals surface area contributed by atoms with Crippen LogP contribution in [-0.2, 0) is 16.0 Å². The summed E-state index contributed by atoms with van der Waals surface area (Å²) < 4.78 is 0. The van der Waals surface area contributed by atoms with Crippen LogP contribution in [0.15, 0.2) is 30.3 Å². The number of hydrogen-bond donors (Lipinski definition) is 0. The fourth-order valence-electron chi connectivity index (χ4n) is 7.17. The van der Waals surface area contributed by atoms with Crippen molar-refractivity contribution in [3.8, 4) is 0 Å². The molecule has 0 radical (unpaired) electrons. The number of carbonyl (C=O) groups is 2. The molecule has 0 bridgehead atoms. The molecule has 4 fully saturated rings. The van der Waals surface area contributed by atoms with Crippen molar-refractivity contribution in [1.29, 1.82) is 0 Å². The molecule has 0 N–H and O–H groups in total. The van der Waals surface area contributed by atoms with E-state index < -0.39 is 0 Å². The fourth-order valence-corrected chi connectivity index (χ4v) is 7.17. The molecular weight excluding hydrogens is 386 g/mol. The van der Waals surface area contributed by atoms with Crippen LogP contribution in [0, 0.1) is 16.7 Å². The van der Waals surface area contributed by atoms with E-state index in [1.807, 2.05) is 30.3 Å². The molecule has 5 nitrogen and oxygen atoms in total. The zero-order valence-corrected chi connectivity index (χ0v) is 19.0. The Hall–Kier alpha value is -1.88. The predicted octanol–water partition coefficient (Wildman–Crippen LogP) is 3.19. The van der Waals surface area contributed by atoms with Crippen molar-refractivity contribution in [3.05, 3.63) is 35.9 Å². The van der Waals surface area contributed by atoms with E-state index in [4.69, 9.17) is 0 Å². The molecule has 2 atom stereocenters. The van der Waals surface area contributed by atoms with Crippen LogP contribution in [0.2, 0.25) is 0 Å². The Kier molecular flexibility index (Phi) is 5.58. The summed E-state index contributed by atoms with van der Waals surface area (Å²) in [6, 6.07) is 10.1. The average Bonchev–Trinajstić information content (AvgIpc) is 3.52. The molecule has 168 valence electrons. The zero-order chi connectivity index (χ0) is 21.5. The number of benzene rings is 1. The quantitative estimate of drug-likeness (QED) is 0.747. The predicted molar refractivity (Wildman–Crippen MR) is 121 cm³/mol. The molecule has 31 heavy (non-hydrogen) atoms. The Balaban J connectivity index is 1.29. The summed E-state index contributed by atoms with van der Waals surface area (Å²) in [6.07, 6.45) is 7.14. The molecule has 5 rings (SSSR count). The zero-order valence-electron chi connectivity index (χ0n) is 19.0. The van der Waals surface area contributed by atoms with Gasteiger partial charge in [0.25, 0.3) is 0 Å². The number of rotatable bonds is 4. The van der Waals surface area contributed by atoms with Gasteiger partial charge in [0.2, 0.25) is 11.8 Å². The third kappa shape index (κ3) is 3.59. The lowest BCUT2D eigenvalue weighted by molar-refractivity contribution is -0.143. The molecule has 3 heterocycles. The van der Waals surface area contributed by atoms with Crippen LogP contribution in [-0.4, -0.2) is 72.3 Å². The van der Waals surface area contributed by atoms with Gasteiger partial charge >= 0.3 is 0 Å². The second-order valence-corrected chi connectivity index (χ2v) is 10.4. The topological polar surface area (TPSA) is 43.9 Å². The highest BCUT2D eigenvalue weighted by atomic mass is 16.2. The first-order chi connectivity index (χ1) is 15.1. The van der Waals surface area contributed by atoms with E-state index in [-0.39, 0.29) is 16.7 Å². The molecule has 0 aromatic heterocycles. The lowest BCUT2D eigenvalue weighted by Crippen LogP contribution is -2.50. The Morgan fingerprint density at radius 2 is 1.65 bits per heavy atom. The monoisotopic (exact) mass is 423 g/mol. The smallest absolute Gasteiger partial charge is 0.230 e. The normalized spacial score (nSPS) is 30.2. The van der Waals surface area contributed by atoms with Gasteiger partial charge in [-0.05, 0) is 62.0 Å². The van der Waals surface area contributed by atoms with Crippen molar-refractivity contribution < 1.29 is 9.59 Å². The summed E-state index contributed by atoms with van der Waals surface area (Å²) in [4.78, 5) is 33.4. The number of amides is 2. The van der Waals surface area contributed by atoms with Gasteiger partial charge < -0.3 is 14.7 Å².